The molecular weight excluding hydrogens is 368 g/mol. The normalized spacial score (nSPS) is 19.5. The Bertz CT molecular complexity index is 772. The van der Waals surface area contributed by atoms with Crippen LogP contribution in [0.25, 0.3) is 0 Å². The smallest absolute Gasteiger partial charge is 0.325 e. The van der Waals surface area contributed by atoms with Gasteiger partial charge in [-0.15, -0.1) is 0 Å². The predicted molar refractivity (Wildman–Crippen MR) is 100 cm³/mol. The number of amides is 4. The SMILES string of the molecule is CC(C)CN(CC(C)C)C(=O)CN1C(=O)N[C@](C)(c2cc(F)ccc2F)C1=O. The number of nitrogens with zero attached hydrogens (tertiary/aromatic N) is 2. The number of benzene rings is 1. The minimum atomic E-state index is -1.77. The topological polar surface area (TPSA) is 69.7 Å². The Morgan fingerprint density at radius 3 is 2.25 bits per heavy atom. The number of halogens is 2. The van der Waals surface area contributed by atoms with E-state index in [1.807, 2.05) is 27.7 Å². The third-order valence-corrected chi connectivity index (χ3v) is 4.56. The molecule has 1 atom stereocenters. The van der Waals surface area contributed by atoms with E-state index in [9.17, 15) is 23.2 Å². The molecule has 4 amide bonds. The molecule has 154 valence electrons. The zero-order valence-corrected chi connectivity index (χ0v) is 16.9. The Balaban J connectivity index is 2.25. The van der Waals surface area contributed by atoms with Crippen LogP contribution in [-0.2, 0) is 15.1 Å². The summed E-state index contributed by atoms with van der Waals surface area (Å²) in [6.07, 6.45) is 0. The van der Waals surface area contributed by atoms with Crippen molar-refractivity contribution in [2.75, 3.05) is 19.6 Å². The number of hydrogen-bond acceptors (Lipinski definition) is 3. The second kappa shape index (κ2) is 8.24. The highest BCUT2D eigenvalue weighted by Crippen LogP contribution is 2.31. The van der Waals surface area contributed by atoms with Crippen molar-refractivity contribution in [2.45, 2.75) is 40.2 Å². The van der Waals surface area contributed by atoms with Gasteiger partial charge in [-0.05, 0) is 37.0 Å². The van der Waals surface area contributed by atoms with Crippen molar-refractivity contribution < 1.29 is 23.2 Å². The Labute approximate surface area is 163 Å². The lowest BCUT2D eigenvalue weighted by Gasteiger charge is -2.28. The highest BCUT2D eigenvalue weighted by Gasteiger charge is 2.51. The van der Waals surface area contributed by atoms with Crippen LogP contribution in [0.5, 0.6) is 0 Å². The van der Waals surface area contributed by atoms with Gasteiger partial charge < -0.3 is 10.2 Å². The van der Waals surface area contributed by atoms with Crippen molar-refractivity contribution in [1.82, 2.24) is 15.1 Å². The molecule has 8 heteroatoms. The molecule has 1 N–H and O–H groups in total. The Morgan fingerprint density at radius 2 is 1.71 bits per heavy atom. The van der Waals surface area contributed by atoms with E-state index in [0.29, 0.717) is 13.1 Å². The molecule has 0 spiro atoms. The standard InChI is InChI=1S/C20H27F2N3O3/c1-12(2)9-24(10-13(3)4)17(26)11-25-18(27)20(5,23-19(25)28)15-8-14(21)6-7-16(15)22/h6-8,12-13H,9-11H2,1-5H3,(H,23,28)/t20-/m1/s1. The fraction of sp³-hybridized carbons (Fsp3) is 0.550. The fourth-order valence-electron chi connectivity index (χ4n) is 3.30. The van der Waals surface area contributed by atoms with Gasteiger partial charge in [0.25, 0.3) is 5.91 Å². The van der Waals surface area contributed by atoms with Crippen LogP contribution in [0.2, 0.25) is 0 Å². The number of hydrogen-bond donors (Lipinski definition) is 1. The lowest BCUT2D eigenvalue weighted by atomic mass is 9.91. The molecule has 1 saturated heterocycles. The molecule has 0 aliphatic carbocycles. The predicted octanol–water partition coefficient (Wildman–Crippen LogP) is 2.87. The third kappa shape index (κ3) is 4.48. The van der Waals surface area contributed by atoms with Crippen LogP contribution in [0.1, 0.15) is 40.2 Å². The summed E-state index contributed by atoms with van der Waals surface area (Å²) >= 11 is 0. The summed E-state index contributed by atoms with van der Waals surface area (Å²) in [6.45, 7) is 9.73. The first kappa shape index (κ1) is 21.8. The molecule has 1 fully saturated rings. The summed E-state index contributed by atoms with van der Waals surface area (Å²) in [7, 11) is 0. The van der Waals surface area contributed by atoms with E-state index >= 15 is 0 Å². The van der Waals surface area contributed by atoms with E-state index in [4.69, 9.17) is 0 Å². The van der Waals surface area contributed by atoms with Crippen LogP contribution in [0.3, 0.4) is 0 Å². The molecule has 1 aromatic rings. The molecule has 1 aromatic carbocycles. The molecule has 0 unspecified atom stereocenters. The molecule has 1 aliphatic rings. The third-order valence-electron chi connectivity index (χ3n) is 4.56. The zero-order chi connectivity index (χ0) is 21.2. The number of carbonyl (C=O) groups excluding carboxylic acids is 3. The zero-order valence-electron chi connectivity index (χ0n) is 16.9. The maximum absolute atomic E-state index is 14.2. The Kier molecular flexibility index (Phi) is 6.41. The molecule has 6 nitrogen and oxygen atoms in total. The first-order chi connectivity index (χ1) is 13.0. The Morgan fingerprint density at radius 1 is 1.14 bits per heavy atom. The summed E-state index contributed by atoms with van der Waals surface area (Å²) in [6, 6.07) is 1.90. The largest absolute Gasteiger partial charge is 0.341 e. The maximum atomic E-state index is 14.2. The maximum Gasteiger partial charge on any atom is 0.325 e. The lowest BCUT2D eigenvalue weighted by molar-refractivity contribution is -0.139. The first-order valence-corrected chi connectivity index (χ1v) is 9.33. The highest BCUT2D eigenvalue weighted by atomic mass is 19.1. The summed E-state index contributed by atoms with van der Waals surface area (Å²) in [5, 5.41) is 2.40. The fourth-order valence-corrected chi connectivity index (χ4v) is 3.30. The van der Waals surface area contributed by atoms with Crippen molar-refractivity contribution in [2.24, 2.45) is 11.8 Å². The number of carbonyl (C=O) groups is 3. The molecule has 0 aromatic heterocycles. The average Bonchev–Trinajstić information content (AvgIpc) is 2.79. The van der Waals surface area contributed by atoms with Gasteiger partial charge in [-0.25, -0.2) is 13.6 Å². The van der Waals surface area contributed by atoms with E-state index in [1.54, 1.807) is 4.90 Å². The van der Waals surface area contributed by atoms with E-state index in [0.717, 1.165) is 23.1 Å². The molecular formula is C20H27F2N3O3. The van der Waals surface area contributed by atoms with Crippen LogP contribution < -0.4 is 5.32 Å². The van der Waals surface area contributed by atoms with Gasteiger partial charge in [0.15, 0.2) is 0 Å². The van der Waals surface area contributed by atoms with E-state index in [-0.39, 0.29) is 23.3 Å². The first-order valence-electron chi connectivity index (χ1n) is 9.33. The van der Waals surface area contributed by atoms with Crippen molar-refractivity contribution in [3.63, 3.8) is 0 Å². The monoisotopic (exact) mass is 395 g/mol. The van der Waals surface area contributed by atoms with E-state index < -0.39 is 35.7 Å². The minimum absolute atomic E-state index is 0.220. The summed E-state index contributed by atoms with van der Waals surface area (Å²) in [5.74, 6) is -2.25. The molecule has 2 rings (SSSR count). The van der Waals surface area contributed by atoms with Gasteiger partial charge >= 0.3 is 6.03 Å². The van der Waals surface area contributed by atoms with Gasteiger partial charge in [0.2, 0.25) is 5.91 Å². The van der Waals surface area contributed by atoms with Crippen LogP contribution in [0, 0.1) is 23.5 Å². The number of imide groups is 1. The van der Waals surface area contributed by atoms with Crippen molar-refractivity contribution in [1.29, 1.82) is 0 Å². The van der Waals surface area contributed by atoms with Gasteiger partial charge in [0.1, 0.15) is 23.7 Å². The van der Waals surface area contributed by atoms with Gasteiger partial charge in [0, 0.05) is 18.7 Å². The van der Waals surface area contributed by atoms with Crippen molar-refractivity contribution >= 4 is 17.8 Å². The van der Waals surface area contributed by atoms with Crippen LogP contribution in [-0.4, -0.2) is 47.3 Å². The second-order valence-electron chi connectivity index (χ2n) is 8.16. The van der Waals surface area contributed by atoms with E-state index in [1.165, 1.54) is 6.92 Å². The molecule has 28 heavy (non-hydrogen) atoms. The summed E-state index contributed by atoms with van der Waals surface area (Å²) < 4.78 is 27.8. The van der Waals surface area contributed by atoms with Gasteiger partial charge in [-0.2, -0.15) is 0 Å². The molecule has 1 aliphatic heterocycles. The van der Waals surface area contributed by atoms with E-state index in [2.05, 4.69) is 5.32 Å². The summed E-state index contributed by atoms with van der Waals surface area (Å²) in [5.41, 5.74) is -2.05. The van der Waals surface area contributed by atoms with Crippen molar-refractivity contribution in [3.8, 4) is 0 Å². The number of urea groups is 1. The van der Waals surface area contributed by atoms with Crippen LogP contribution in [0.15, 0.2) is 18.2 Å². The van der Waals surface area contributed by atoms with Crippen molar-refractivity contribution in [3.05, 3.63) is 35.4 Å². The molecule has 0 bridgehead atoms. The number of rotatable bonds is 7. The molecule has 0 radical (unpaired) electrons. The molecule has 0 saturated carbocycles. The van der Waals surface area contributed by atoms with Gasteiger partial charge in [-0.1, -0.05) is 27.7 Å². The summed E-state index contributed by atoms with van der Waals surface area (Å²) in [4.78, 5) is 40.4. The average molecular weight is 395 g/mol. The highest BCUT2D eigenvalue weighted by molar-refractivity contribution is 6.09. The van der Waals surface area contributed by atoms with Crippen LogP contribution >= 0.6 is 0 Å². The quantitative estimate of drug-likeness (QED) is 0.722. The van der Waals surface area contributed by atoms with Gasteiger partial charge in [-0.3, -0.25) is 14.5 Å². The minimum Gasteiger partial charge on any atom is -0.341 e. The second-order valence-corrected chi connectivity index (χ2v) is 8.16. The van der Waals surface area contributed by atoms with Crippen LogP contribution in [0.4, 0.5) is 13.6 Å². The van der Waals surface area contributed by atoms with Gasteiger partial charge in [0.05, 0.1) is 0 Å². The lowest BCUT2D eigenvalue weighted by Crippen LogP contribution is -2.46. The molecule has 1 heterocycles. The Hall–Kier alpha value is -2.51. The number of nitrogens with one attached hydrogen (secondary N) is 1.